The maximum absolute atomic E-state index is 12.4. The summed E-state index contributed by atoms with van der Waals surface area (Å²) in [5, 5.41) is 3.10. The van der Waals surface area contributed by atoms with Gasteiger partial charge in [-0.1, -0.05) is 36.4 Å². The van der Waals surface area contributed by atoms with E-state index in [-0.39, 0.29) is 11.9 Å². The molecular weight excluding hydrogens is 354 g/mol. The van der Waals surface area contributed by atoms with Crippen LogP contribution in [0.3, 0.4) is 0 Å². The van der Waals surface area contributed by atoms with Crippen LogP contribution in [0.1, 0.15) is 24.1 Å². The van der Waals surface area contributed by atoms with Crippen molar-refractivity contribution in [1.82, 2.24) is 15.1 Å². The molecule has 1 fully saturated rings. The number of carbonyl (C=O) groups excluding carboxylic acids is 1. The first-order valence-corrected chi connectivity index (χ1v) is 9.85. The largest absolute Gasteiger partial charge is 0.454 e. The Bertz CT molecular complexity index is 804. The summed E-state index contributed by atoms with van der Waals surface area (Å²) in [7, 11) is 0. The summed E-state index contributed by atoms with van der Waals surface area (Å²) >= 11 is 0. The molecular formula is C22H27N3O3. The third kappa shape index (κ3) is 4.64. The van der Waals surface area contributed by atoms with Gasteiger partial charge in [0, 0.05) is 32.7 Å². The average molecular weight is 381 g/mol. The number of nitrogens with one attached hydrogen (secondary N) is 1. The maximum Gasteiger partial charge on any atom is 0.234 e. The summed E-state index contributed by atoms with van der Waals surface area (Å²) in [6, 6.07) is 16.2. The Kier molecular flexibility index (Phi) is 5.78. The Morgan fingerprint density at radius 1 is 1.00 bits per heavy atom. The SMILES string of the molecule is C[C@H](NC(=O)CN1CCN(Cc2ccc3c(c2)OCO3)CC1)c1ccccc1. The molecule has 148 valence electrons. The Hall–Kier alpha value is -2.57. The van der Waals surface area contributed by atoms with Crippen LogP contribution < -0.4 is 14.8 Å². The van der Waals surface area contributed by atoms with Crippen molar-refractivity contribution in [2.24, 2.45) is 0 Å². The molecule has 6 heteroatoms. The highest BCUT2D eigenvalue weighted by Crippen LogP contribution is 2.32. The predicted octanol–water partition coefficient (Wildman–Crippen LogP) is 2.41. The summed E-state index contributed by atoms with van der Waals surface area (Å²) < 4.78 is 10.8. The van der Waals surface area contributed by atoms with Crippen LogP contribution in [0.4, 0.5) is 0 Å². The van der Waals surface area contributed by atoms with Crippen LogP contribution >= 0.6 is 0 Å². The van der Waals surface area contributed by atoms with Gasteiger partial charge >= 0.3 is 0 Å². The van der Waals surface area contributed by atoms with Crippen LogP contribution in [0.25, 0.3) is 0 Å². The van der Waals surface area contributed by atoms with Crippen LogP contribution in [0, 0.1) is 0 Å². The number of hydrogen-bond donors (Lipinski definition) is 1. The molecule has 0 radical (unpaired) electrons. The number of benzene rings is 2. The van der Waals surface area contributed by atoms with Crippen molar-refractivity contribution in [2.45, 2.75) is 19.5 Å². The fraction of sp³-hybridized carbons (Fsp3) is 0.409. The van der Waals surface area contributed by atoms with Crippen molar-refractivity contribution < 1.29 is 14.3 Å². The van der Waals surface area contributed by atoms with E-state index in [4.69, 9.17) is 9.47 Å². The van der Waals surface area contributed by atoms with E-state index in [9.17, 15) is 4.79 Å². The average Bonchev–Trinajstić information content (AvgIpc) is 3.18. The second-order valence-corrected chi connectivity index (χ2v) is 7.44. The lowest BCUT2D eigenvalue weighted by Crippen LogP contribution is -2.49. The molecule has 6 nitrogen and oxygen atoms in total. The van der Waals surface area contributed by atoms with Crippen molar-refractivity contribution in [1.29, 1.82) is 0 Å². The number of hydrogen-bond acceptors (Lipinski definition) is 5. The molecule has 2 aromatic carbocycles. The third-order valence-corrected chi connectivity index (χ3v) is 5.35. The predicted molar refractivity (Wildman–Crippen MR) is 107 cm³/mol. The number of piperazine rings is 1. The number of ether oxygens (including phenoxy) is 2. The van der Waals surface area contributed by atoms with Crippen LogP contribution in [-0.4, -0.2) is 55.2 Å². The summed E-state index contributed by atoms with van der Waals surface area (Å²) in [5.41, 5.74) is 2.36. The van der Waals surface area contributed by atoms with E-state index in [0.717, 1.165) is 49.8 Å². The third-order valence-electron chi connectivity index (χ3n) is 5.35. The first kappa shape index (κ1) is 18.8. The fourth-order valence-corrected chi connectivity index (χ4v) is 3.72. The Balaban J connectivity index is 1.21. The Morgan fingerprint density at radius 3 is 2.50 bits per heavy atom. The van der Waals surface area contributed by atoms with Crippen molar-refractivity contribution in [3.05, 3.63) is 59.7 Å². The molecule has 28 heavy (non-hydrogen) atoms. The smallest absolute Gasteiger partial charge is 0.234 e. The van der Waals surface area contributed by atoms with Gasteiger partial charge in [-0.25, -0.2) is 0 Å². The zero-order valence-corrected chi connectivity index (χ0v) is 16.3. The second kappa shape index (κ2) is 8.63. The van der Waals surface area contributed by atoms with E-state index < -0.39 is 0 Å². The highest BCUT2D eigenvalue weighted by Gasteiger charge is 2.21. The lowest BCUT2D eigenvalue weighted by molar-refractivity contribution is -0.123. The standard InChI is InChI=1S/C22H27N3O3/c1-17(19-5-3-2-4-6-19)23-22(26)15-25-11-9-24(10-12-25)14-18-7-8-20-21(13-18)28-16-27-20/h2-8,13,17H,9-12,14-16H2,1H3,(H,23,26)/t17-/m0/s1. The summed E-state index contributed by atoms with van der Waals surface area (Å²) in [6.07, 6.45) is 0. The van der Waals surface area contributed by atoms with E-state index >= 15 is 0 Å². The molecule has 0 saturated carbocycles. The van der Waals surface area contributed by atoms with Gasteiger partial charge in [-0.15, -0.1) is 0 Å². The van der Waals surface area contributed by atoms with Gasteiger partial charge in [-0.05, 0) is 30.2 Å². The molecule has 1 N–H and O–H groups in total. The van der Waals surface area contributed by atoms with Gasteiger partial charge in [0.2, 0.25) is 12.7 Å². The van der Waals surface area contributed by atoms with Crippen molar-refractivity contribution in [3.8, 4) is 11.5 Å². The lowest BCUT2D eigenvalue weighted by atomic mass is 10.1. The first-order chi connectivity index (χ1) is 13.7. The van der Waals surface area contributed by atoms with Gasteiger partial charge in [0.1, 0.15) is 0 Å². The minimum Gasteiger partial charge on any atom is -0.454 e. The van der Waals surface area contributed by atoms with Crippen molar-refractivity contribution in [2.75, 3.05) is 39.5 Å². The van der Waals surface area contributed by atoms with Gasteiger partial charge in [-0.2, -0.15) is 0 Å². The van der Waals surface area contributed by atoms with Gasteiger partial charge in [0.15, 0.2) is 11.5 Å². The Morgan fingerprint density at radius 2 is 1.71 bits per heavy atom. The minimum absolute atomic E-state index is 0.0287. The molecule has 0 aromatic heterocycles. The number of amides is 1. The quantitative estimate of drug-likeness (QED) is 0.833. The summed E-state index contributed by atoms with van der Waals surface area (Å²) in [6.45, 7) is 7.39. The molecule has 0 spiro atoms. The van der Waals surface area contributed by atoms with E-state index in [2.05, 4.69) is 27.2 Å². The fourth-order valence-electron chi connectivity index (χ4n) is 3.72. The van der Waals surface area contributed by atoms with E-state index in [1.807, 2.05) is 43.3 Å². The van der Waals surface area contributed by atoms with Gasteiger partial charge < -0.3 is 14.8 Å². The second-order valence-electron chi connectivity index (χ2n) is 7.44. The van der Waals surface area contributed by atoms with E-state index in [1.54, 1.807) is 0 Å². The van der Waals surface area contributed by atoms with Crippen LogP contribution in [0.15, 0.2) is 48.5 Å². The van der Waals surface area contributed by atoms with E-state index in [0.29, 0.717) is 13.3 Å². The molecule has 0 aliphatic carbocycles. The zero-order chi connectivity index (χ0) is 19.3. The summed E-state index contributed by atoms with van der Waals surface area (Å²) in [4.78, 5) is 17.0. The number of nitrogens with zero attached hydrogens (tertiary/aromatic N) is 2. The van der Waals surface area contributed by atoms with E-state index in [1.165, 1.54) is 5.56 Å². The molecule has 1 atom stereocenters. The molecule has 0 unspecified atom stereocenters. The molecule has 1 amide bonds. The van der Waals surface area contributed by atoms with Crippen LogP contribution in [0.2, 0.25) is 0 Å². The lowest BCUT2D eigenvalue weighted by Gasteiger charge is -2.34. The topological polar surface area (TPSA) is 54.0 Å². The van der Waals surface area contributed by atoms with Gasteiger partial charge in [0.05, 0.1) is 12.6 Å². The van der Waals surface area contributed by atoms with Crippen molar-refractivity contribution in [3.63, 3.8) is 0 Å². The van der Waals surface area contributed by atoms with Crippen molar-refractivity contribution >= 4 is 5.91 Å². The zero-order valence-electron chi connectivity index (χ0n) is 16.3. The van der Waals surface area contributed by atoms with Gasteiger partial charge in [-0.3, -0.25) is 14.6 Å². The molecule has 2 aliphatic rings. The molecule has 0 bridgehead atoms. The number of carbonyl (C=O) groups is 1. The van der Waals surface area contributed by atoms with Crippen LogP contribution in [-0.2, 0) is 11.3 Å². The maximum atomic E-state index is 12.4. The molecule has 4 rings (SSSR count). The molecule has 2 aliphatic heterocycles. The summed E-state index contributed by atoms with van der Waals surface area (Å²) in [5.74, 6) is 1.74. The molecule has 2 aromatic rings. The first-order valence-electron chi connectivity index (χ1n) is 9.85. The van der Waals surface area contributed by atoms with Crippen LogP contribution in [0.5, 0.6) is 11.5 Å². The minimum atomic E-state index is 0.0287. The molecule has 1 saturated heterocycles. The monoisotopic (exact) mass is 381 g/mol. The highest BCUT2D eigenvalue weighted by atomic mass is 16.7. The number of rotatable bonds is 6. The van der Waals surface area contributed by atoms with Gasteiger partial charge in [0.25, 0.3) is 0 Å². The molecule has 2 heterocycles. The highest BCUT2D eigenvalue weighted by molar-refractivity contribution is 5.78. The number of fused-ring (bicyclic) bond motifs is 1. The normalized spacial score (nSPS) is 18.0. The Labute approximate surface area is 166 Å².